The van der Waals surface area contributed by atoms with Crippen molar-refractivity contribution in [2.75, 3.05) is 5.73 Å². The molecule has 0 saturated carbocycles. The second kappa shape index (κ2) is 5.77. The second-order valence-corrected chi connectivity index (χ2v) is 5.15. The predicted molar refractivity (Wildman–Crippen MR) is 78.8 cm³/mol. The number of anilines is 1. The largest absolute Gasteiger partial charge is 0.486 e. The summed E-state index contributed by atoms with van der Waals surface area (Å²) in [4.78, 5) is 0. The monoisotopic (exact) mass is 316 g/mol. The number of nitrogens with zero attached hydrogens (tertiary/aromatic N) is 1. The number of hydrogen-bond donors (Lipinski definition) is 1. The molecular weight excluding hydrogens is 304 g/mol. The lowest BCUT2D eigenvalue weighted by molar-refractivity contribution is 0.306. The fourth-order valence-electron chi connectivity index (χ4n) is 1.78. The van der Waals surface area contributed by atoms with Gasteiger partial charge in [0.15, 0.2) is 0 Å². The molecule has 0 amide bonds. The van der Waals surface area contributed by atoms with Crippen molar-refractivity contribution in [2.24, 2.45) is 0 Å². The zero-order valence-electron chi connectivity index (χ0n) is 10.5. The van der Waals surface area contributed by atoms with Gasteiger partial charge >= 0.3 is 0 Å². The molecule has 0 unspecified atom stereocenters. The highest BCUT2D eigenvalue weighted by Gasteiger charge is 2.06. The first-order chi connectivity index (χ1) is 9.10. The fourth-order valence-corrected chi connectivity index (χ4v) is 2.37. The van der Waals surface area contributed by atoms with Crippen molar-refractivity contribution < 1.29 is 4.74 Å². The molecule has 0 bridgehead atoms. The van der Waals surface area contributed by atoms with E-state index in [4.69, 9.17) is 15.7 Å². The fraction of sp³-hybridized carbons (Fsp3) is 0.133. The highest BCUT2D eigenvalue weighted by molar-refractivity contribution is 9.10. The first-order valence-corrected chi connectivity index (χ1v) is 6.57. The molecule has 96 valence electrons. The van der Waals surface area contributed by atoms with E-state index in [1.807, 2.05) is 31.2 Å². The lowest BCUT2D eigenvalue weighted by Gasteiger charge is -2.12. The molecule has 0 aromatic heterocycles. The minimum atomic E-state index is 0.429. The van der Waals surface area contributed by atoms with E-state index in [2.05, 4.69) is 22.0 Å². The summed E-state index contributed by atoms with van der Waals surface area (Å²) >= 11 is 3.39. The Balaban J connectivity index is 2.12. The van der Waals surface area contributed by atoms with Crippen LogP contribution in [0.4, 0.5) is 5.69 Å². The molecule has 0 radical (unpaired) electrons. The number of halogens is 1. The molecule has 19 heavy (non-hydrogen) atoms. The van der Waals surface area contributed by atoms with Gasteiger partial charge in [0.05, 0.1) is 17.3 Å². The Morgan fingerprint density at radius 1 is 1.26 bits per heavy atom. The number of nitrogen functional groups attached to an aromatic ring is 1. The summed E-state index contributed by atoms with van der Waals surface area (Å²) in [6.07, 6.45) is 0. The van der Waals surface area contributed by atoms with Gasteiger partial charge in [0, 0.05) is 4.47 Å². The Kier molecular flexibility index (Phi) is 4.08. The van der Waals surface area contributed by atoms with Gasteiger partial charge in [-0.2, -0.15) is 5.26 Å². The van der Waals surface area contributed by atoms with Crippen LogP contribution in [0.25, 0.3) is 0 Å². The van der Waals surface area contributed by atoms with Gasteiger partial charge in [0.25, 0.3) is 0 Å². The molecule has 0 fully saturated rings. The summed E-state index contributed by atoms with van der Waals surface area (Å²) in [6, 6.07) is 13.2. The van der Waals surface area contributed by atoms with Gasteiger partial charge in [-0.05, 0) is 42.3 Å². The van der Waals surface area contributed by atoms with Crippen LogP contribution in [0.15, 0.2) is 40.9 Å². The predicted octanol–water partition coefficient (Wildman–Crippen LogP) is 3.79. The van der Waals surface area contributed by atoms with Gasteiger partial charge in [0.1, 0.15) is 12.4 Å². The Hall–Kier alpha value is -1.99. The number of rotatable bonds is 3. The quantitative estimate of drug-likeness (QED) is 0.876. The second-order valence-electron chi connectivity index (χ2n) is 4.24. The minimum absolute atomic E-state index is 0.429. The van der Waals surface area contributed by atoms with Crippen LogP contribution in [0, 0.1) is 18.3 Å². The highest BCUT2D eigenvalue weighted by Crippen LogP contribution is 2.30. The summed E-state index contributed by atoms with van der Waals surface area (Å²) in [5.41, 5.74) is 9.17. The molecule has 0 aliphatic carbocycles. The number of nitrogens with two attached hydrogens (primary N) is 1. The molecule has 0 saturated heterocycles. The molecule has 0 spiro atoms. The van der Waals surface area contributed by atoms with Crippen LogP contribution in [-0.2, 0) is 6.61 Å². The standard InChI is InChI=1S/C15H13BrN2O/c1-10-6-13(16)7-14(18)15(10)19-9-12-4-2-11(8-17)3-5-12/h2-7H,9,18H2,1H3. The zero-order chi connectivity index (χ0) is 13.8. The molecule has 3 nitrogen and oxygen atoms in total. The van der Waals surface area contributed by atoms with E-state index in [0.717, 1.165) is 15.6 Å². The average molecular weight is 317 g/mol. The molecule has 0 aliphatic rings. The first-order valence-electron chi connectivity index (χ1n) is 5.77. The summed E-state index contributed by atoms with van der Waals surface area (Å²) in [5, 5.41) is 8.73. The molecule has 2 aromatic rings. The van der Waals surface area contributed by atoms with Crippen molar-refractivity contribution in [3.8, 4) is 11.8 Å². The van der Waals surface area contributed by atoms with Crippen LogP contribution in [-0.4, -0.2) is 0 Å². The number of ether oxygens (including phenoxy) is 1. The molecule has 2 aromatic carbocycles. The molecule has 0 heterocycles. The van der Waals surface area contributed by atoms with Crippen molar-refractivity contribution in [1.29, 1.82) is 5.26 Å². The minimum Gasteiger partial charge on any atom is -0.486 e. The van der Waals surface area contributed by atoms with E-state index in [1.165, 1.54) is 0 Å². The van der Waals surface area contributed by atoms with E-state index in [-0.39, 0.29) is 0 Å². The first kappa shape index (κ1) is 13.4. The highest BCUT2D eigenvalue weighted by atomic mass is 79.9. The average Bonchev–Trinajstić information content (AvgIpc) is 2.38. The van der Waals surface area contributed by atoms with Crippen molar-refractivity contribution in [3.63, 3.8) is 0 Å². The Bertz CT molecular complexity index is 607. The topological polar surface area (TPSA) is 59.0 Å². The van der Waals surface area contributed by atoms with Crippen molar-refractivity contribution in [2.45, 2.75) is 13.5 Å². The van der Waals surface area contributed by atoms with Gasteiger partial charge in [0.2, 0.25) is 0 Å². The van der Waals surface area contributed by atoms with Crippen LogP contribution in [0.3, 0.4) is 0 Å². The van der Waals surface area contributed by atoms with Gasteiger partial charge in [-0.1, -0.05) is 28.1 Å². The third-order valence-corrected chi connectivity index (χ3v) is 3.19. The van der Waals surface area contributed by atoms with Crippen LogP contribution in [0.5, 0.6) is 5.75 Å². The SMILES string of the molecule is Cc1cc(Br)cc(N)c1OCc1ccc(C#N)cc1. The van der Waals surface area contributed by atoms with Crippen LogP contribution in [0.2, 0.25) is 0 Å². The Morgan fingerprint density at radius 3 is 2.53 bits per heavy atom. The van der Waals surface area contributed by atoms with Crippen LogP contribution in [0.1, 0.15) is 16.7 Å². The maximum Gasteiger partial charge on any atom is 0.145 e. The lowest BCUT2D eigenvalue weighted by Crippen LogP contribution is -2.00. The summed E-state index contributed by atoms with van der Waals surface area (Å²) in [6.45, 7) is 2.38. The normalized spacial score (nSPS) is 9.95. The molecule has 4 heteroatoms. The Morgan fingerprint density at radius 2 is 1.95 bits per heavy atom. The molecule has 0 atom stereocenters. The summed E-state index contributed by atoms with van der Waals surface area (Å²) in [5.74, 6) is 0.701. The molecule has 2 N–H and O–H groups in total. The summed E-state index contributed by atoms with van der Waals surface area (Å²) in [7, 11) is 0. The number of nitriles is 1. The maximum absolute atomic E-state index is 8.73. The Labute approximate surface area is 120 Å². The van der Waals surface area contributed by atoms with Crippen LogP contribution >= 0.6 is 15.9 Å². The van der Waals surface area contributed by atoms with E-state index in [1.54, 1.807) is 12.1 Å². The lowest BCUT2D eigenvalue weighted by atomic mass is 10.1. The van der Waals surface area contributed by atoms with E-state index in [0.29, 0.717) is 23.6 Å². The van der Waals surface area contributed by atoms with Gasteiger partial charge in [-0.15, -0.1) is 0 Å². The number of benzene rings is 2. The third kappa shape index (κ3) is 3.27. The van der Waals surface area contributed by atoms with Crippen molar-refractivity contribution >= 4 is 21.6 Å². The molecule has 0 aliphatic heterocycles. The third-order valence-electron chi connectivity index (χ3n) is 2.73. The van der Waals surface area contributed by atoms with E-state index < -0.39 is 0 Å². The summed E-state index contributed by atoms with van der Waals surface area (Å²) < 4.78 is 6.69. The van der Waals surface area contributed by atoms with Gasteiger partial charge in [-0.25, -0.2) is 0 Å². The van der Waals surface area contributed by atoms with E-state index in [9.17, 15) is 0 Å². The molecular formula is C15H13BrN2O. The number of aryl methyl sites for hydroxylation is 1. The smallest absolute Gasteiger partial charge is 0.145 e. The van der Waals surface area contributed by atoms with Crippen molar-refractivity contribution in [1.82, 2.24) is 0 Å². The zero-order valence-corrected chi connectivity index (χ0v) is 12.1. The maximum atomic E-state index is 8.73. The van der Waals surface area contributed by atoms with Gasteiger partial charge in [-0.3, -0.25) is 0 Å². The van der Waals surface area contributed by atoms with Gasteiger partial charge < -0.3 is 10.5 Å². The van der Waals surface area contributed by atoms with E-state index >= 15 is 0 Å². The van der Waals surface area contributed by atoms with Crippen LogP contribution < -0.4 is 10.5 Å². The molecule has 2 rings (SSSR count). The number of hydrogen-bond acceptors (Lipinski definition) is 3. The van der Waals surface area contributed by atoms with Crippen molar-refractivity contribution in [3.05, 3.63) is 57.6 Å².